The zero-order chi connectivity index (χ0) is 19.4. The molecule has 2 heterocycles. The van der Waals surface area contributed by atoms with E-state index in [-0.39, 0.29) is 16.9 Å². The van der Waals surface area contributed by atoms with Gasteiger partial charge in [0.15, 0.2) is 11.5 Å². The highest BCUT2D eigenvalue weighted by molar-refractivity contribution is 5.75. The van der Waals surface area contributed by atoms with Crippen molar-refractivity contribution in [3.8, 4) is 11.5 Å². The van der Waals surface area contributed by atoms with E-state index in [4.69, 9.17) is 0 Å². The highest BCUT2D eigenvalue weighted by Gasteiger charge is 2.15. The summed E-state index contributed by atoms with van der Waals surface area (Å²) in [6, 6.07) is 3.49. The van der Waals surface area contributed by atoms with Gasteiger partial charge in [0.25, 0.3) is 5.56 Å². The second kappa shape index (κ2) is 7.81. The van der Waals surface area contributed by atoms with Gasteiger partial charge >= 0.3 is 13.2 Å². The van der Waals surface area contributed by atoms with Crippen LogP contribution in [0.25, 0.3) is 23.2 Å². The van der Waals surface area contributed by atoms with Crippen molar-refractivity contribution in [3.63, 3.8) is 0 Å². The van der Waals surface area contributed by atoms with Gasteiger partial charge in [-0.3, -0.25) is 4.79 Å². The van der Waals surface area contributed by atoms with Crippen molar-refractivity contribution in [2.45, 2.75) is 13.2 Å². The Morgan fingerprint density at radius 3 is 2.52 bits per heavy atom. The summed E-state index contributed by atoms with van der Waals surface area (Å²) < 4.78 is 58.0. The second-order valence-corrected chi connectivity index (χ2v) is 5.01. The number of halogens is 4. The van der Waals surface area contributed by atoms with Gasteiger partial charge in [-0.15, -0.1) is 0 Å². The normalized spacial score (nSPS) is 11.6. The number of aromatic amines is 1. The molecule has 27 heavy (non-hydrogen) atoms. The summed E-state index contributed by atoms with van der Waals surface area (Å²) in [5.41, 5.74) is 0.0381. The average Bonchev–Trinajstić information content (AvgIpc) is 2.61. The summed E-state index contributed by atoms with van der Waals surface area (Å²) >= 11 is 0. The highest BCUT2D eigenvalue weighted by atomic mass is 19.3. The largest absolute Gasteiger partial charge is 0.431 e. The third kappa shape index (κ3) is 4.57. The van der Waals surface area contributed by atoms with Crippen LogP contribution in [0.3, 0.4) is 0 Å². The van der Waals surface area contributed by atoms with E-state index in [1.165, 1.54) is 30.7 Å². The second-order valence-electron chi connectivity index (χ2n) is 5.01. The Bertz CT molecular complexity index is 1040. The standard InChI is InChI=1S/C16H10F4N4O3/c17-15(18)26-10-3-1-8(5-11(10)27-16(19)20)2-4-12-23-13-9(14(25)24-12)6-21-7-22-13/h1-7,15-16H,(H,21,22,23,24,25)/b4-2+. The summed E-state index contributed by atoms with van der Waals surface area (Å²) in [4.78, 5) is 26.1. The zero-order valence-corrected chi connectivity index (χ0v) is 13.3. The zero-order valence-electron chi connectivity index (χ0n) is 13.3. The Labute approximate surface area is 148 Å². The van der Waals surface area contributed by atoms with Crippen molar-refractivity contribution >= 4 is 23.2 Å². The topological polar surface area (TPSA) is 90.0 Å². The van der Waals surface area contributed by atoms with Crippen LogP contribution in [-0.4, -0.2) is 33.2 Å². The maximum absolute atomic E-state index is 12.5. The number of hydrogen-bond donors (Lipinski definition) is 1. The Kier molecular flexibility index (Phi) is 5.29. The van der Waals surface area contributed by atoms with Crippen molar-refractivity contribution in [2.75, 3.05) is 0 Å². The van der Waals surface area contributed by atoms with E-state index >= 15 is 0 Å². The first-order valence-electron chi connectivity index (χ1n) is 7.34. The molecule has 1 aromatic carbocycles. The van der Waals surface area contributed by atoms with Crippen molar-refractivity contribution in [1.82, 2.24) is 19.9 Å². The molecule has 1 N–H and O–H groups in total. The van der Waals surface area contributed by atoms with Gasteiger partial charge in [0.2, 0.25) is 0 Å². The van der Waals surface area contributed by atoms with E-state index in [1.54, 1.807) is 0 Å². The number of fused-ring (bicyclic) bond motifs is 1. The Morgan fingerprint density at radius 1 is 1.04 bits per heavy atom. The Morgan fingerprint density at radius 2 is 1.78 bits per heavy atom. The minimum absolute atomic E-state index is 0.149. The number of ether oxygens (including phenoxy) is 2. The number of rotatable bonds is 6. The van der Waals surface area contributed by atoms with Gasteiger partial charge in [0, 0.05) is 6.20 Å². The van der Waals surface area contributed by atoms with Crippen LogP contribution in [-0.2, 0) is 0 Å². The molecule has 2 aromatic heterocycles. The maximum Gasteiger partial charge on any atom is 0.387 e. The molecule has 7 nitrogen and oxygen atoms in total. The summed E-state index contributed by atoms with van der Waals surface area (Å²) in [6.45, 7) is -6.41. The molecule has 0 aliphatic heterocycles. The highest BCUT2D eigenvalue weighted by Crippen LogP contribution is 2.31. The van der Waals surface area contributed by atoms with Crippen molar-refractivity contribution < 1.29 is 27.0 Å². The number of hydrogen-bond acceptors (Lipinski definition) is 6. The fraction of sp³-hybridized carbons (Fsp3) is 0.125. The van der Waals surface area contributed by atoms with Crippen LogP contribution in [0, 0.1) is 0 Å². The van der Waals surface area contributed by atoms with Gasteiger partial charge in [-0.1, -0.05) is 12.1 Å². The lowest BCUT2D eigenvalue weighted by atomic mass is 10.2. The van der Waals surface area contributed by atoms with Crippen LogP contribution in [0.4, 0.5) is 17.6 Å². The van der Waals surface area contributed by atoms with Gasteiger partial charge in [0.1, 0.15) is 23.2 Å². The van der Waals surface area contributed by atoms with E-state index in [9.17, 15) is 22.4 Å². The van der Waals surface area contributed by atoms with Crippen LogP contribution in [0.2, 0.25) is 0 Å². The predicted octanol–water partition coefficient (Wildman–Crippen LogP) is 3.09. The first-order chi connectivity index (χ1) is 12.9. The minimum atomic E-state index is -3.22. The SMILES string of the molecule is O=c1nc(/C=C/c2ccc(OC(F)F)c(OC(F)F)c2)[nH]c2ncncc12. The van der Waals surface area contributed by atoms with Crippen LogP contribution >= 0.6 is 0 Å². The molecule has 0 atom stereocenters. The minimum Gasteiger partial charge on any atom is -0.431 e. The van der Waals surface area contributed by atoms with Crippen molar-refractivity contribution in [1.29, 1.82) is 0 Å². The van der Waals surface area contributed by atoms with E-state index in [1.807, 2.05) is 0 Å². The Balaban J connectivity index is 1.91. The Hall–Kier alpha value is -3.50. The maximum atomic E-state index is 12.5. The lowest BCUT2D eigenvalue weighted by molar-refractivity contribution is -0.0692. The first-order valence-corrected chi connectivity index (χ1v) is 7.34. The van der Waals surface area contributed by atoms with Gasteiger partial charge in [0.05, 0.1) is 0 Å². The molecule has 0 saturated heterocycles. The van der Waals surface area contributed by atoms with Crippen molar-refractivity contribution in [3.05, 3.63) is 52.5 Å². The van der Waals surface area contributed by atoms with Crippen LogP contribution in [0.15, 0.2) is 35.5 Å². The number of nitrogens with zero attached hydrogens (tertiary/aromatic N) is 3. The molecule has 0 unspecified atom stereocenters. The smallest absolute Gasteiger partial charge is 0.387 e. The molecule has 11 heteroatoms. The summed E-state index contributed by atoms with van der Waals surface area (Å²) in [5, 5.41) is 0.204. The van der Waals surface area contributed by atoms with E-state index in [0.717, 1.165) is 12.1 Å². The monoisotopic (exact) mass is 382 g/mol. The van der Waals surface area contributed by atoms with Crippen molar-refractivity contribution in [2.24, 2.45) is 0 Å². The number of nitrogens with one attached hydrogen (secondary N) is 1. The fourth-order valence-corrected chi connectivity index (χ4v) is 2.17. The predicted molar refractivity (Wildman–Crippen MR) is 86.6 cm³/mol. The number of H-pyrrole nitrogens is 1. The molecule has 140 valence electrons. The number of aromatic nitrogens is 4. The average molecular weight is 382 g/mol. The lowest BCUT2D eigenvalue weighted by Crippen LogP contribution is -2.10. The van der Waals surface area contributed by atoms with Gasteiger partial charge in [-0.25, -0.2) is 9.97 Å². The fourth-order valence-electron chi connectivity index (χ4n) is 2.17. The molecule has 0 bridgehead atoms. The lowest BCUT2D eigenvalue weighted by Gasteiger charge is -2.12. The van der Waals surface area contributed by atoms with Crippen LogP contribution < -0.4 is 15.0 Å². The summed E-state index contributed by atoms with van der Waals surface area (Å²) in [7, 11) is 0. The summed E-state index contributed by atoms with van der Waals surface area (Å²) in [6.07, 6.45) is 5.37. The summed E-state index contributed by atoms with van der Waals surface area (Å²) in [5.74, 6) is -0.938. The molecular weight excluding hydrogens is 372 g/mol. The molecule has 0 saturated carbocycles. The van der Waals surface area contributed by atoms with E-state index in [2.05, 4.69) is 29.4 Å². The molecule has 0 aliphatic rings. The quantitative estimate of drug-likeness (QED) is 0.659. The molecule has 0 amide bonds. The molecular formula is C16H10F4N4O3. The molecule has 0 aliphatic carbocycles. The third-order valence-corrected chi connectivity index (χ3v) is 3.24. The van der Waals surface area contributed by atoms with Gasteiger partial charge in [-0.2, -0.15) is 22.5 Å². The number of alkyl halides is 4. The van der Waals surface area contributed by atoms with Crippen LogP contribution in [0.1, 0.15) is 11.4 Å². The molecule has 0 spiro atoms. The number of benzene rings is 1. The van der Waals surface area contributed by atoms with E-state index in [0.29, 0.717) is 5.56 Å². The van der Waals surface area contributed by atoms with Crippen LogP contribution in [0.5, 0.6) is 11.5 Å². The molecule has 0 fully saturated rings. The molecule has 0 radical (unpaired) electrons. The van der Waals surface area contributed by atoms with E-state index < -0.39 is 30.3 Å². The van der Waals surface area contributed by atoms with Gasteiger partial charge in [-0.05, 0) is 23.8 Å². The molecule has 3 rings (SSSR count). The van der Waals surface area contributed by atoms with Gasteiger partial charge < -0.3 is 14.5 Å². The molecule has 3 aromatic rings. The third-order valence-electron chi connectivity index (χ3n) is 3.24. The first kappa shape index (κ1) is 18.3.